The second-order valence-corrected chi connectivity index (χ2v) is 7.83. The van der Waals surface area contributed by atoms with Gasteiger partial charge in [-0.2, -0.15) is 0 Å². The fourth-order valence-electron chi connectivity index (χ4n) is 2.29. The van der Waals surface area contributed by atoms with Gasteiger partial charge in [-0.05, 0) is 37.3 Å². The number of aliphatic hydroxyl groups excluding tert-OH is 1. The molecule has 0 aliphatic carbocycles. The van der Waals surface area contributed by atoms with E-state index in [1.807, 2.05) is 0 Å². The molecule has 1 aliphatic rings. The number of fused-ring (bicyclic) bond motifs is 1. The first-order chi connectivity index (χ1) is 11.3. The third-order valence-corrected chi connectivity index (χ3v) is 5.28. The molecule has 2 atom stereocenters. The predicted octanol–water partition coefficient (Wildman–Crippen LogP) is 3.31. The molecule has 9 heteroatoms. The van der Waals surface area contributed by atoms with E-state index < -0.39 is 22.4 Å². The molecule has 1 aliphatic heterocycles. The smallest absolute Gasteiger partial charge is 0.265 e. The number of aliphatic hydroxyl groups is 1. The zero-order valence-electron chi connectivity index (χ0n) is 12.5. The van der Waals surface area contributed by atoms with E-state index in [2.05, 4.69) is 10.0 Å². The molecule has 3 rings (SSSR count). The molecule has 3 N–H and O–H groups in total. The first-order valence-electron chi connectivity index (χ1n) is 6.99. The van der Waals surface area contributed by atoms with Gasteiger partial charge in [0.2, 0.25) is 0 Å². The van der Waals surface area contributed by atoms with Crippen LogP contribution in [-0.4, -0.2) is 25.9 Å². The van der Waals surface area contributed by atoms with Gasteiger partial charge in [-0.25, -0.2) is 8.42 Å². The summed E-state index contributed by atoms with van der Waals surface area (Å²) >= 11 is 11.9. The maximum atomic E-state index is 12.7. The van der Waals surface area contributed by atoms with E-state index in [-0.39, 0.29) is 15.7 Å². The van der Waals surface area contributed by atoms with E-state index >= 15 is 0 Å². The van der Waals surface area contributed by atoms with E-state index in [0.717, 1.165) is 0 Å². The van der Waals surface area contributed by atoms with Crippen molar-refractivity contribution in [2.75, 3.05) is 10.0 Å². The van der Waals surface area contributed by atoms with E-state index in [1.165, 1.54) is 18.2 Å². The van der Waals surface area contributed by atoms with Crippen molar-refractivity contribution in [3.63, 3.8) is 0 Å². The summed E-state index contributed by atoms with van der Waals surface area (Å²) in [5.41, 5.74) is 0.618. The molecule has 0 fully saturated rings. The molecule has 6 nitrogen and oxygen atoms in total. The van der Waals surface area contributed by atoms with Crippen molar-refractivity contribution in [2.45, 2.75) is 24.2 Å². The summed E-state index contributed by atoms with van der Waals surface area (Å²) in [7, 11) is -3.97. The van der Waals surface area contributed by atoms with Crippen LogP contribution in [0.2, 0.25) is 10.0 Å². The molecule has 2 unspecified atom stereocenters. The minimum atomic E-state index is -3.97. The average molecular weight is 389 g/mol. The molecule has 2 aromatic rings. The van der Waals surface area contributed by atoms with Crippen LogP contribution >= 0.6 is 23.2 Å². The van der Waals surface area contributed by atoms with Crippen LogP contribution in [0.1, 0.15) is 6.92 Å². The SMILES string of the molecule is CC1Oc2c(cc(Cl)cc2S(=O)(=O)Nc2cccc(Cl)c2)NC1O. The predicted molar refractivity (Wildman–Crippen MR) is 93.4 cm³/mol. The molecule has 0 bridgehead atoms. The second-order valence-electron chi connectivity index (χ2n) is 5.31. The molecule has 0 spiro atoms. The van der Waals surface area contributed by atoms with Gasteiger partial charge >= 0.3 is 0 Å². The number of hydrogen-bond donors (Lipinski definition) is 3. The Morgan fingerprint density at radius 1 is 1.21 bits per heavy atom. The topological polar surface area (TPSA) is 87.7 Å². The molecule has 1 heterocycles. The lowest BCUT2D eigenvalue weighted by Gasteiger charge is -2.31. The molecule has 0 aromatic heterocycles. The van der Waals surface area contributed by atoms with Crippen LogP contribution in [0.5, 0.6) is 5.75 Å². The molecule has 0 radical (unpaired) electrons. The number of ether oxygens (including phenoxy) is 1. The fraction of sp³-hybridized carbons (Fsp3) is 0.200. The highest BCUT2D eigenvalue weighted by Crippen LogP contribution is 2.40. The Balaban J connectivity index is 2.05. The molecule has 24 heavy (non-hydrogen) atoms. The average Bonchev–Trinajstić information content (AvgIpc) is 2.47. The maximum absolute atomic E-state index is 12.7. The van der Waals surface area contributed by atoms with E-state index in [9.17, 15) is 13.5 Å². The Labute approximate surface area is 149 Å². The molecule has 2 aromatic carbocycles. The van der Waals surface area contributed by atoms with Crippen molar-refractivity contribution < 1.29 is 18.3 Å². The van der Waals surface area contributed by atoms with Crippen LogP contribution in [0, 0.1) is 0 Å². The largest absolute Gasteiger partial charge is 0.482 e. The highest BCUT2D eigenvalue weighted by molar-refractivity contribution is 7.92. The number of sulfonamides is 1. The van der Waals surface area contributed by atoms with Gasteiger partial charge in [0.1, 0.15) is 11.0 Å². The number of rotatable bonds is 3. The fourth-order valence-corrected chi connectivity index (χ4v) is 3.99. The molecule has 0 saturated heterocycles. The normalized spacial score (nSPS) is 19.8. The standard InChI is InChI=1S/C15H14Cl2N2O4S/c1-8-15(20)18-12-6-10(17)7-13(14(12)23-8)24(21,22)19-11-4-2-3-9(16)5-11/h2-8,15,18-20H,1H3. The molecule has 128 valence electrons. The van der Waals surface area contributed by atoms with Crippen molar-refractivity contribution in [3.8, 4) is 5.75 Å². The number of hydrogen-bond acceptors (Lipinski definition) is 5. The van der Waals surface area contributed by atoms with Gasteiger partial charge in [-0.3, -0.25) is 4.72 Å². The summed E-state index contributed by atoms with van der Waals surface area (Å²) in [6.45, 7) is 1.62. The van der Waals surface area contributed by atoms with Crippen molar-refractivity contribution >= 4 is 44.6 Å². The Kier molecular flexibility index (Phi) is 4.52. The van der Waals surface area contributed by atoms with Gasteiger partial charge in [0, 0.05) is 10.0 Å². The lowest BCUT2D eigenvalue weighted by Crippen LogP contribution is -2.39. The molecule has 0 saturated carbocycles. The zero-order chi connectivity index (χ0) is 17.5. The van der Waals surface area contributed by atoms with Crippen molar-refractivity contribution in [1.29, 1.82) is 0 Å². The van der Waals surface area contributed by atoms with Crippen LogP contribution in [-0.2, 0) is 10.0 Å². The van der Waals surface area contributed by atoms with Gasteiger partial charge in [-0.15, -0.1) is 0 Å². The lowest BCUT2D eigenvalue weighted by molar-refractivity contribution is 0.0547. The Bertz CT molecular complexity index is 889. The minimum Gasteiger partial charge on any atom is -0.482 e. The number of anilines is 2. The Morgan fingerprint density at radius 3 is 2.67 bits per heavy atom. The summed E-state index contributed by atoms with van der Waals surface area (Å²) < 4.78 is 33.5. The van der Waals surface area contributed by atoms with Crippen LogP contribution in [0.25, 0.3) is 0 Å². The van der Waals surface area contributed by atoms with E-state index in [0.29, 0.717) is 16.4 Å². The summed E-state index contributed by atoms with van der Waals surface area (Å²) in [5.74, 6) is 0.103. The summed E-state index contributed by atoms with van der Waals surface area (Å²) in [4.78, 5) is -0.128. The maximum Gasteiger partial charge on any atom is 0.265 e. The minimum absolute atomic E-state index is 0.103. The van der Waals surface area contributed by atoms with Crippen molar-refractivity contribution in [2.24, 2.45) is 0 Å². The molecular formula is C15H14Cl2N2O4S. The van der Waals surface area contributed by atoms with Gasteiger partial charge < -0.3 is 15.2 Å². The first kappa shape index (κ1) is 17.2. The zero-order valence-corrected chi connectivity index (χ0v) is 14.8. The number of benzene rings is 2. The van der Waals surface area contributed by atoms with E-state index in [1.54, 1.807) is 25.1 Å². The summed E-state index contributed by atoms with van der Waals surface area (Å²) in [5, 5.41) is 13.2. The third kappa shape index (κ3) is 3.39. The number of halogens is 2. The van der Waals surface area contributed by atoms with Crippen LogP contribution in [0.4, 0.5) is 11.4 Å². The Morgan fingerprint density at radius 2 is 1.96 bits per heavy atom. The molecular weight excluding hydrogens is 375 g/mol. The highest BCUT2D eigenvalue weighted by Gasteiger charge is 2.31. The van der Waals surface area contributed by atoms with Crippen LogP contribution in [0.3, 0.4) is 0 Å². The van der Waals surface area contributed by atoms with Crippen molar-refractivity contribution in [1.82, 2.24) is 0 Å². The molecule has 0 amide bonds. The van der Waals surface area contributed by atoms with Gasteiger partial charge in [0.15, 0.2) is 12.0 Å². The van der Waals surface area contributed by atoms with Crippen LogP contribution in [0.15, 0.2) is 41.3 Å². The summed E-state index contributed by atoms with van der Waals surface area (Å²) in [6, 6.07) is 9.11. The van der Waals surface area contributed by atoms with Crippen molar-refractivity contribution in [3.05, 3.63) is 46.4 Å². The second kappa shape index (κ2) is 6.33. The van der Waals surface area contributed by atoms with Gasteiger partial charge in [0.05, 0.1) is 11.4 Å². The van der Waals surface area contributed by atoms with Crippen LogP contribution < -0.4 is 14.8 Å². The first-order valence-corrected chi connectivity index (χ1v) is 9.23. The highest BCUT2D eigenvalue weighted by atomic mass is 35.5. The van der Waals surface area contributed by atoms with E-state index in [4.69, 9.17) is 27.9 Å². The third-order valence-electron chi connectivity index (χ3n) is 3.44. The monoisotopic (exact) mass is 388 g/mol. The quantitative estimate of drug-likeness (QED) is 0.750. The summed E-state index contributed by atoms with van der Waals surface area (Å²) in [6.07, 6.45) is -1.59. The number of nitrogens with one attached hydrogen (secondary N) is 2. The Hall–Kier alpha value is -1.67. The van der Waals surface area contributed by atoms with Gasteiger partial charge in [0.25, 0.3) is 10.0 Å². The van der Waals surface area contributed by atoms with Gasteiger partial charge in [-0.1, -0.05) is 29.3 Å². The lowest BCUT2D eigenvalue weighted by atomic mass is 10.2.